The molecule has 0 aliphatic carbocycles. The molecule has 0 fully saturated rings. The number of aromatic nitrogens is 5. The van der Waals surface area contributed by atoms with Crippen molar-refractivity contribution < 1.29 is 14.3 Å². The number of aryl methyl sites for hydroxylation is 2. The normalized spacial score (nSPS) is 15.7. The molecule has 2 aromatic heterocycles. The Hall–Kier alpha value is -3.69. The molecule has 4 rings (SSSR count). The Kier molecular flexibility index (Phi) is 5.93. The highest BCUT2D eigenvalue weighted by molar-refractivity contribution is 6.03. The molecule has 0 N–H and O–H groups in total. The van der Waals surface area contributed by atoms with Gasteiger partial charge in [0.05, 0.1) is 42.8 Å². The van der Waals surface area contributed by atoms with Crippen LogP contribution in [-0.2, 0) is 22.6 Å². The minimum atomic E-state index is -0.419. The number of benzene rings is 1. The number of rotatable bonds is 5. The Bertz CT molecular complexity index is 1110. The lowest BCUT2D eigenvalue weighted by Gasteiger charge is -2.40. The predicted molar refractivity (Wildman–Crippen MR) is 119 cm³/mol. The number of carbonyl (C=O) groups is 2. The molecule has 32 heavy (non-hydrogen) atoms. The average Bonchev–Trinajstić information content (AvgIpc) is 3.42. The average molecular weight is 438 g/mol. The van der Waals surface area contributed by atoms with Gasteiger partial charge in [-0.15, -0.1) is 0 Å². The molecule has 0 saturated carbocycles. The third-order valence-corrected chi connectivity index (χ3v) is 5.30. The molecule has 3 heterocycles. The van der Waals surface area contributed by atoms with Gasteiger partial charge in [-0.2, -0.15) is 10.2 Å². The topological polar surface area (TPSA) is 98.4 Å². The molecule has 1 aliphatic heterocycles. The van der Waals surface area contributed by atoms with Crippen molar-refractivity contribution in [3.05, 3.63) is 43.2 Å². The number of carbonyl (C=O) groups excluding carboxylic acids is 2. The molecule has 10 heteroatoms. The molecule has 10 nitrogen and oxygen atoms in total. The van der Waals surface area contributed by atoms with Gasteiger partial charge in [0.15, 0.2) is 0 Å². The molecule has 0 saturated heterocycles. The largest absolute Gasteiger partial charge is 0.446 e. The fraction of sp³-hybridized carbons (Fsp3) is 0.409. The van der Waals surface area contributed by atoms with E-state index in [-0.39, 0.29) is 18.1 Å². The van der Waals surface area contributed by atoms with Crippen LogP contribution in [0.1, 0.15) is 27.7 Å². The summed E-state index contributed by atoms with van der Waals surface area (Å²) in [7, 11) is 0. The van der Waals surface area contributed by atoms with Gasteiger partial charge in [-0.05, 0) is 38.5 Å². The highest BCUT2D eigenvalue weighted by atomic mass is 16.6. The minimum absolute atomic E-state index is 0.0655. The van der Waals surface area contributed by atoms with Gasteiger partial charge in [0, 0.05) is 25.2 Å². The van der Waals surface area contributed by atoms with Crippen LogP contribution in [0, 0.1) is 0 Å². The highest BCUT2D eigenvalue weighted by Gasteiger charge is 2.34. The van der Waals surface area contributed by atoms with E-state index in [1.165, 1.54) is 13.3 Å². The van der Waals surface area contributed by atoms with Crippen molar-refractivity contribution in [3.63, 3.8) is 0 Å². The van der Waals surface area contributed by atoms with Gasteiger partial charge in [-0.3, -0.25) is 19.1 Å². The van der Waals surface area contributed by atoms with Crippen LogP contribution >= 0.6 is 0 Å². The zero-order chi connectivity index (χ0) is 22.8. The van der Waals surface area contributed by atoms with E-state index >= 15 is 0 Å². The first-order chi connectivity index (χ1) is 15.3. The third kappa shape index (κ3) is 4.34. The molecular weight excluding hydrogens is 410 g/mol. The number of hydrogen-bond acceptors (Lipinski definition) is 6. The quantitative estimate of drug-likeness (QED) is 0.609. The summed E-state index contributed by atoms with van der Waals surface area (Å²) >= 11 is 0. The lowest BCUT2D eigenvalue weighted by atomic mass is 10.0. The van der Waals surface area contributed by atoms with Crippen molar-refractivity contribution in [2.75, 3.05) is 16.3 Å². The van der Waals surface area contributed by atoms with E-state index in [1.807, 2.05) is 49.8 Å². The molecule has 2 amide bonds. The van der Waals surface area contributed by atoms with Crippen molar-refractivity contribution >= 4 is 23.4 Å². The van der Waals surface area contributed by atoms with E-state index in [1.54, 1.807) is 27.0 Å². The Balaban J connectivity index is 1.64. The molecule has 168 valence electrons. The van der Waals surface area contributed by atoms with Crippen LogP contribution in [0.3, 0.4) is 0 Å². The van der Waals surface area contributed by atoms with Gasteiger partial charge in [-0.1, -0.05) is 6.07 Å². The number of hydrogen-bond donors (Lipinski definition) is 0. The monoisotopic (exact) mass is 437 g/mol. The van der Waals surface area contributed by atoms with Crippen molar-refractivity contribution in [1.82, 2.24) is 24.5 Å². The Morgan fingerprint density at radius 3 is 2.59 bits per heavy atom. The fourth-order valence-electron chi connectivity index (χ4n) is 3.91. The summed E-state index contributed by atoms with van der Waals surface area (Å²) in [6.07, 6.45) is 6.25. The first kappa shape index (κ1) is 21.5. The maximum atomic E-state index is 12.8. The zero-order valence-electron chi connectivity index (χ0n) is 18.7. The van der Waals surface area contributed by atoms with Crippen molar-refractivity contribution in [3.8, 4) is 11.1 Å². The van der Waals surface area contributed by atoms with Crippen molar-refractivity contribution in [2.45, 2.75) is 52.9 Å². The number of nitrogens with zero attached hydrogens (tertiary/aromatic N) is 7. The molecule has 1 aromatic carbocycles. The van der Waals surface area contributed by atoms with Gasteiger partial charge >= 0.3 is 6.09 Å². The minimum Gasteiger partial charge on any atom is -0.446 e. The Labute approximate surface area is 186 Å². The number of fused-ring (bicyclic) bond motifs is 1. The number of anilines is 2. The van der Waals surface area contributed by atoms with Crippen molar-refractivity contribution in [2.24, 2.45) is 0 Å². The third-order valence-electron chi connectivity index (χ3n) is 5.30. The Morgan fingerprint density at radius 2 is 1.91 bits per heavy atom. The molecule has 1 atom stereocenters. The summed E-state index contributed by atoms with van der Waals surface area (Å²) in [6, 6.07) is 5.57. The first-order valence-corrected chi connectivity index (χ1v) is 10.6. The van der Waals surface area contributed by atoms with Crippen LogP contribution < -0.4 is 9.80 Å². The fourth-order valence-corrected chi connectivity index (χ4v) is 3.91. The number of ether oxygens (including phenoxy) is 1. The highest BCUT2D eigenvalue weighted by Crippen LogP contribution is 2.39. The summed E-state index contributed by atoms with van der Waals surface area (Å²) in [5, 5.41) is 8.54. The van der Waals surface area contributed by atoms with Crippen molar-refractivity contribution in [1.29, 1.82) is 0 Å². The lowest BCUT2D eigenvalue weighted by Crippen LogP contribution is -2.51. The lowest BCUT2D eigenvalue weighted by molar-refractivity contribution is -0.117. The summed E-state index contributed by atoms with van der Waals surface area (Å²) in [5.74, 6) is -0.0655. The molecular formula is C22H27N7O3. The van der Waals surface area contributed by atoms with Crippen LogP contribution in [0.25, 0.3) is 11.1 Å². The van der Waals surface area contributed by atoms with E-state index in [4.69, 9.17) is 4.74 Å². The van der Waals surface area contributed by atoms with E-state index in [9.17, 15) is 9.59 Å². The second-order valence-electron chi connectivity index (χ2n) is 8.14. The molecule has 0 bridgehead atoms. The standard InChI is InChI=1S/C22H27N7O3/c1-15(2)32-22(31)28-11-16(3)29(17(4)30)20-6-5-18(9-21(20)28)19-10-24-26(12-19)7-8-27-14-23-13-25-27/h5-6,9-10,12-16H,7-8,11H2,1-4H3. The van der Waals surface area contributed by atoms with Crippen LogP contribution in [0.5, 0.6) is 0 Å². The van der Waals surface area contributed by atoms with Crippen LogP contribution in [0.15, 0.2) is 43.2 Å². The SMILES string of the molecule is CC(=O)N1c2ccc(-c3cnn(CCn4cncn4)c3)cc2N(C(=O)OC(C)C)CC1C. The van der Waals surface area contributed by atoms with Gasteiger partial charge in [-0.25, -0.2) is 9.78 Å². The smallest absolute Gasteiger partial charge is 0.414 e. The molecule has 3 aromatic rings. The maximum absolute atomic E-state index is 12.8. The second kappa shape index (κ2) is 8.81. The number of amides is 2. The van der Waals surface area contributed by atoms with Gasteiger partial charge < -0.3 is 9.64 Å². The van der Waals surface area contributed by atoms with Crippen LogP contribution in [0.2, 0.25) is 0 Å². The van der Waals surface area contributed by atoms with E-state index in [0.717, 1.165) is 11.1 Å². The van der Waals surface area contributed by atoms with E-state index in [2.05, 4.69) is 15.2 Å². The maximum Gasteiger partial charge on any atom is 0.414 e. The molecule has 0 spiro atoms. The Morgan fingerprint density at radius 1 is 1.12 bits per heavy atom. The van der Waals surface area contributed by atoms with Crippen LogP contribution in [0.4, 0.5) is 16.2 Å². The summed E-state index contributed by atoms with van der Waals surface area (Å²) < 4.78 is 9.05. The summed E-state index contributed by atoms with van der Waals surface area (Å²) in [6.45, 7) is 8.76. The molecule has 1 aliphatic rings. The van der Waals surface area contributed by atoms with Gasteiger partial charge in [0.25, 0.3) is 0 Å². The second-order valence-corrected chi connectivity index (χ2v) is 8.14. The first-order valence-electron chi connectivity index (χ1n) is 10.6. The summed E-state index contributed by atoms with van der Waals surface area (Å²) in [4.78, 5) is 32.4. The van der Waals surface area contributed by atoms with Crippen LogP contribution in [-0.4, -0.2) is 55.2 Å². The van der Waals surface area contributed by atoms with E-state index < -0.39 is 6.09 Å². The molecule has 0 radical (unpaired) electrons. The van der Waals surface area contributed by atoms with Gasteiger partial charge in [0.2, 0.25) is 5.91 Å². The van der Waals surface area contributed by atoms with Gasteiger partial charge in [0.1, 0.15) is 12.7 Å². The van der Waals surface area contributed by atoms with E-state index in [0.29, 0.717) is 31.0 Å². The summed E-state index contributed by atoms with van der Waals surface area (Å²) in [5.41, 5.74) is 3.16. The predicted octanol–water partition coefficient (Wildman–Crippen LogP) is 2.95. The molecule has 1 unspecified atom stereocenters. The zero-order valence-corrected chi connectivity index (χ0v) is 18.7.